The Morgan fingerprint density at radius 2 is 1.50 bits per heavy atom. The van der Waals surface area contributed by atoms with E-state index in [0.29, 0.717) is 13.0 Å². The van der Waals surface area contributed by atoms with E-state index in [2.05, 4.69) is 22.8 Å². The number of hydrogen-bond donors (Lipinski definition) is 2. The molecule has 0 bridgehead atoms. The van der Waals surface area contributed by atoms with Crippen molar-refractivity contribution in [1.82, 2.24) is 5.32 Å². The van der Waals surface area contributed by atoms with Crippen molar-refractivity contribution in [3.8, 4) is 0 Å². The molecule has 2 aromatic rings. The van der Waals surface area contributed by atoms with Crippen LogP contribution in [-0.2, 0) is 11.2 Å². The zero-order chi connectivity index (χ0) is 14.0. The quantitative estimate of drug-likeness (QED) is 0.758. The number of carbonyl (C=O) groups is 1. The third-order valence-electron chi connectivity index (χ3n) is 3.02. The minimum absolute atomic E-state index is 0.0448. The summed E-state index contributed by atoms with van der Waals surface area (Å²) in [7, 11) is 0. The van der Waals surface area contributed by atoms with Crippen molar-refractivity contribution < 1.29 is 4.79 Å². The molecule has 0 fully saturated rings. The Bertz CT molecular complexity index is 511. The van der Waals surface area contributed by atoms with Crippen LogP contribution in [0.1, 0.15) is 12.0 Å². The maximum Gasteiger partial charge on any atom is 0.225 e. The van der Waals surface area contributed by atoms with Gasteiger partial charge < -0.3 is 10.6 Å². The molecule has 0 saturated heterocycles. The van der Waals surface area contributed by atoms with Crippen LogP contribution in [0.25, 0.3) is 0 Å². The van der Waals surface area contributed by atoms with Crippen molar-refractivity contribution in [2.24, 2.45) is 0 Å². The molecule has 0 spiro atoms. The zero-order valence-corrected chi connectivity index (χ0v) is 11.5. The topological polar surface area (TPSA) is 41.1 Å². The Morgan fingerprint density at radius 3 is 2.20 bits per heavy atom. The largest absolute Gasteiger partial charge is 0.326 e. The minimum atomic E-state index is 0.0448. The van der Waals surface area contributed by atoms with Crippen molar-refractivity contribution in [1.29, 1.82) is 0 Å². The average Bonchev–Trinajstić information content (AvgIpc) is 2.49. The number of para-hydroxylation sites is 1. The fraction of sp³-hybridized carbons (Fsp3) is 0.235. The highest BCUT2D eigenvalue weighted by molar-refractivity contribution is 5.90. The van der Waals surface area contributed by atoms with E-state index in [1.165, 1.54) is 5.56 Å². The fourth-order valence-corrected chi connectivity index (χ4v) is 1.95. The molecule has 0 unspecified atom stereocenters. The van der Waals surface area contributed by atoms with E-state index in [1.807, 2.05) is 48.5 Å². The van der Waals surface area contributed by atoms with Crippen LogP contribution in [0, 0.1) is 0 Å². The predicted molar refractivity (Wildman–Crippen MR) is 82.7 cm³/mol. The number of nitrogens with one attached hydrogen (secondary N) is 2. The summed E-state index contributed by atoms with van der Waals surface area (Å²) in [5.74, 6) is 0.0448. The standard InChI is InChI=1S/C17H20N2O/c20-17(19-16-9-5-2-6-10-16)12-14-18-13-11-15-7-3-1-4-8-15/h1-10,18H,11-14H2,(H,19,20). The van der Waals surface area contributed by atoms with Crippen LogP contribution in [0.3, 0.4) is 0 Å². The maximum absolute atomic E-state index is 11.7. The lowest BCUT2D eigenvalue weighted by molar-refractivity contribution is -0.116. The molecule has 104 valence electrons. The van der Waals surface area contributed by atoms with Gasteiger partial charge >= 0.3 is 0 Å². The highest BCUT2D eigenvalue weighted by Crippen LogP contribution is 2.05. The summed E-state index contributed by atoms with van der Waals surface area (Å²) in [4.78, 5) is 11.7. The first-order chi connectivity index (χ1) is 9.84. The summed E-state index contributed by atoms with van der Waals surface area (Å²) in [6, 6.07) is 19.9. The lowest BCUT2D eigenvalue weighted by Gasteiger charge is -2.06. The molecule has 2 rings (SSSR count). The number of carbonyl (C=O) groups excluding carboxylic acids is 1. The zero-order valence-electron chi connectivity index (χ0n) is 11.5. The monoisotopic (exact) mass is 268 g/mol. The highest BCUT2D eigenvalue weighted by atomic mass is 16.1. The van der Waals surface area contributed by atoms with Crippen LogP contribution in [0.2, 0.25) is 0 Å². The van der Waals surface area contributed by atoms with E-state index in [1.54, 1.807) is 0 Å². The van der Waals surface area contributed by atoms with E-state index in [0.717, 1.165) is 18.7 Å². The van der Waals surface area contributed by atoms with E-state index in [9.17, 15) is 4.79 Å². The lowest BCUT2D eigenvalue weighted by Crippen LogP contribution is -2.23. The van der Waals surface area contributed by atoms with E-state index >= 15 is 0 Å². The summed E-state index contributed by atoms with van der Waals surface area (Å²) < 4.78 is 0. The first kappa shape index (κ1) is 14.3. The molecular formula is C17H20N2O. The van der Waals surface area contributed by atoms with Crippen LogP contribution in [0.5, 0.6) is 0 Å². The smallest absolute Gasteiger partial charge is 0.225 e. The van der Waals surface area contributed by atoms with Crippen LogP contribution in [0.15, 0.2) is 60.7 Å². The van der Waals surface area contributed by atoms with Crippen molar-refractivity contribution in [2.75, 3.05) is 18.4 Å². The van der Waals surface area contributed by atoms with Gasteiger partial charge in [0.05, 0.1) is 0 Å². The van der Waals surface area contributed by atoms with E-state index in [4.69, 9.17) is 0 Å². The van der Waals surface area contributed by atoms with Crippen LogP contribution in [0.4, 0.5) is 5.69 Å². The van der Waals surface area contributed by atoms with Crippen LogP contribution >= 0.6 is 0 Å². The molecule has 0 aliphatic heterocycles. The van der Waals surface area contributed by atoms with Gasteiger partial charge in [-0.25, -0.2) is 0 Å². The molecule has 2 aromatic carbocycles. The third-order valence-corrected chi connectivity index (χ3v) is 3.02. The number of rotatable bonds is 7. The number of amides is 1. The fourth-order valence-electron chi connectivity index (χ4n) is 1.95. The highest BCUT2D eigenvalue weighted by Gasteiger charge is 2.01. The van der Waals surface area contributed by atoms with Crippen molar-refractivity contribution >= 4 is 11.6 Å². The second-order valence-corrected chi connectivity index (χ2v) is 4.65. The minimum Gasteiger partial charge on any atom is -0.326 e. The van der Waals surface area contributed by atoms with Crippen LogP contribution < -0.4 is 10.6 Å². The third kappa shape index (κ3) is 5.24. The summed E-state index contributed by atoms with van der Waals surface area (Å²) in [5, 5.41) is 6.16. The molecule has 20 heavy (non-hydrogen) atoms. The molecule has 3 nitrogen and oxygen atoms in total. The summed E-state index contributed by atoms with van der Waals surface area (Å²) >= 11 is 0. The first-order valence-electron chi connectivity index (χ1n) is 6.94. The molecule has 1 amide bonds. The molecular weight excluding hydrogens is 248 g/mol. The molecule has 0 atom stereocenters. The van der Waals surface area contributed by atoms with Crippen molar-refractivity contribution in [3.63, 3.8) is 0 Å². The van der Waals surface area contributed by atoms with Gasteiger partial charge in [-0.15, -0.1) is 0 Å². The molecule has 0 saturated carbocycles. The second kappa shape index (κ2) is 8.12. The van der Waals surface area contributed by atoms with Gasteiger partial charge in [0.25, 0.3) is 0 Å². The van der Waals surface area contributed by atoms with Gasteiger partial charge in [-0.2, -0.15) is 0 Å². The van der Waals surface area contributed by atoms with Crippen molar-refractivity contribution in [3.05, 3.63) is 66.2 Å². The van der Waals surface area contributed by atoms with E-state index in [-0.39, 0.29) is 5.91 Å². The van der Waals surface area contributed by atoms with Crippen LogP contribution in [-0.4, -0.2) is 19.0 Å². The average molecular weight is 268 g/mol. The van der Waals surface area contributed by atoms with Gasteiger partial charge in [0, 0.05) is 18.7 Å². The number of anilines is 1. The molecule has 0 aliphatic rings. The normalized spacial score (nSPS) is 10.2. The number of hydrogen-bond acceptors (Lipinski definition) is 2. The van der Waals surface area contributed by atoms with Gasteiger partial charge in [-0.3, -0.25) is 4.79 Å². The Labute approximate surface area is 120 Å². The van der Waals surface area contributed by atoms with Gasteiger partial charge in [0.15, 0.2) is 0 Å². The van der Waals surface area contributed by atoms with Crippen molar-refractivity contribution in [2.45, 2.75) is 12.8 Å². The Balaban J connectivity index is 1.58. The predicted octanol–water partition coefficient (Wildman–Crippen LogP) is 2.85. The second-order valence-electron chi connectivity index (χ2n) is 4.65. The lowest BCUT2D eigenvalue weighted by atomic mass is 10.1. The van der Waals surface area contributed by atoms with Gasteiger partial charge in [-0.1, -0.05) is 48.5 Å². The Kier molecular flexibility index (Phi) is 5.80. The molecule has 0 aliphatic carbocycles. The van der Waals surface area contributed by atoms with Gasteiger partial charge in [0.2, 0.25) is 5.91 Å². The molecule has 2 N–H and O–H groups in total. The van der Waals surface area contributed by atoms with E-state index < -0.39 is 0 Å². The van der Waals surface area contributed by atoms with Gasteiger partial charge in [0.1, 0.15) is 0 Å². The summed E-state index contributed by atoms with van der Waals surface area (Å²) in [6.07, 6.45) is 1.48. The molecule has 0 aromatic heterocycles. The maximum atomic E-state index is 11.7. The summed E-state index contributed by atoms with van der Waals surface area (Å²) in [6.45, 7) is 1.59. The Morgan fingerprint density at radius 1 is 0.850 bits per heavy atom. The molecule has 3 heteroatoms. The molecule has 0 heterocycles. The van der Waals surface area contributed by atoms with Gasteiger partial charge in [-0.05, 0) is 30.7 Å². The first-order valence-corrected chi connectivity index (χ1v) is 6.94. The molecule has 0 radical (unpaired) electrons. The number of benzene rings is 2. The summed E-state index contributed by atoms with van der Waals surface area (Å²) in [5.41, 5.74) is 2.16. The SMILES string of the molecule is O=C(CCNCCc1ccccc1)Nc1ccccc1. The Hall–Kier alpha value is -2.13.